The monoisotopic (exact) mass is 549 g/mol. The van der Waals surface area contributed by atoms with Crippen LogP contribution in [0.25, 0.3) is 11.0 Å². The van der Waals surface area contributed by atoms with E-state index >= 15 is 0 Å². The van der Waals surface area contributed by atoms with Gasteiger partial charge in [0.1, 0.15) is 5.65 Å². The van der Waals surface area contributed by atoms with Gasteiger partial charge in [-0.15, -0.1) is 0 Å². The van der Waals surface area contributed by atoms with Crippen LogP contribution in [0.3, 0.4) is 0 Å². The zero-order chi connectivity index (χ0) is 27.6. The molecule has 0 amide bonds. The first-order valence-electron chi connectivity index (χ1n) is 13.0. The lowest BCUT2D eigenvalue weighted by molar-refractivity contribution is 0.123. The summed E-state index contributed by atoms with van der Waals surface area (Å²) in [6, 6.07) is 17.7. The van der Waals surface area contributed by atoms with Crippen LogP contribution < -0.4 is 14.5 Å². The molecule has 1 fully saturated rings. The van der Waals surface area contributed by atoms with Crippen molar-refractivity contribution in [2.45, 2.75) is 19.6 Å². The molecule has 2 aromatic heterocycles. The maximum absolute atomic E-state index is 12.2. The average molecular weight is 550 g/mol. The van der Waals surface area contributed by atoms with Crippen LogP contribution in [0.2, 0.25) is 0 Å². The minimum Gasteiger partial charge on any atom is -0.392 e. The van der Waals surface area contributed by atoms with Crippen molar-refractivity contribution >= 4 is 44.1 Å². The van der Waals surface area contributed by atoms with Crippen LogP contribution >= 0.6 is 0 Å². The van der Waals surface area contributed by atoms with E-state index in [0.717, 1.165) is 48.5 Å². The van der Waals surface area contributed by atoms with E-state index in [-0.39, 0.29) is 6.10 Å². The molecule has 3 heterocycles. The third kappa shape index (κ3) is 6.32. The Morgan fingerprint density at radius 3 is 2.46 bits per heavy atom. The van der Waals surface area contributed by atoms with Crippen LogP contribution in [0.5, 0.6) is 0 Å². The fraction of sp³-hybridized carbons (Fsp3) is 0.357. The number of hydrogen-bond donors (Lipinski definition) is 2. The second-order valence-electron chi connectivity index (χ2n) is 10.1. The number of rotatable bonds is 9. The molecular formula is C28H35N7O3S. The Bertz CT molecular complexity index is 1530. The van der Waals surface area contributed by atoms with Crippen LogP contribution in [-0.4, -0.2) is 85.1 Å². The summed E-state index contributed by atoms with van der Waals surface area (Å²) in [6.45, 7) is 6.75. The predicted octanol–water partition coefficient (Wildman–Crippen LogP) is 3.12. The van der Waals surface area contributed by atoms with Gasteiger partial charge in [-0.05, 0) is 48.9 Å². The molecule has 1 unspecified atom stereocenters. The topological polar surface area (TPSA) is 107 Å². The standard InChI is InChI=1S/C28H35N7O3S/c1-21(36)19-33-14-16-34(17-15-33)25-10-8-24(9-11-25)30-28-29-18-22-12-13-35(27(22)31-28)20-23-6-4-5-7-26(23)32(2)39(3,37)38/h4-13,18,21,36H,14-17,19-20H2,1-3H3,(H,29,30,31). The lowest BCUT2D eigenvalue weighted by Gasteiger charge is -2.36. The molecule has 4 aromatic rings. The van der Waals surface area contributed by atoms with Gasteiger partial charge in [0, 0.05) is 68.9 Å². The van der Waals surface area contributed by atoms with Crippen molar-refractivity contribution in [2.75, 3.05) is 60.5 Å². The van der Waals surface area contributed by atoms with E-state index in [1.54, 1.807) is 13.2 Å². The summed E-state index contributed by atoms with van der Waals surface area (Å²) >= 11 is 0. The number of para-hydroxylation sites is 1. The first kappa shape index (κ1) is 26.9. The van der Waals surface area contributed by atoms with Gasteiger partial charge in [0.05, 0.1) is 24.6 Å². The van der Waals surface area contributed by atoms with Crippen LogP contribution in [0, 0.1) is 0 Å². The normalized spacial score (nSPS) is 15.4. The molecule has 1 aliphatic rings. The molecule has 39 heavy (non-hydrogen) atoms. The van der Waals surface area contributed by atoms with Gasteiger partial charge in [-0.25, -0.2) is 13.4 Å². The number of nitrogens with zero attached hydrogens (tertiary/aromatic N) is 6. The predicted molar refractivity (Wildman–Crippen MR) is 156 cm³/mol. The second-order valence-corrected chi connectivity index (χ2v) is 12.1. The fourth-order valence-electron chi connectivity index (χ4n) is 4.92. The zero-order valence-corrected chi connectivity index (χ0v) is 23.3. The lowest BCUT2D eigenvalue weighted by Crippen LogP contribution is -2.48. The highest BCUT2D eigenvalue weighted by atomic mass is 32.2. The quantitative estimate of drug-likeness (QED) is 0.328. The zero-order valence-electron chi connectivity index (χ0n) is 22.5. The molecular weight excluding hydrogens is 514 g/mol. The van der Waals surface area contributed by atoms with Crippen molar-refractivity contribution in [1.29, 1.82) is 0 Å². The molecule has 1 aliphatic heterocycles. The van der Waals surface area contributed by atoms with E-state index in [0.29, 0.717) is 24.7 Å². The van der Waals surface area contributed by atoms with Gasteiger partial charge in [0.2, 0.25) is 16.0 Å². The summed E-state index contributed by atoms with van der Waals surface area (Å²) in [5.41, 5.74) is 4.33. The number of aliphatic hydroxyl groups excluding tert-OH is 1. The van der Waals surface area contributed by atoms with Crippen LogP contribution in [0.4, 0.5) is 23.0 Å². The molecule has 2 N–H and O–H groups in total. The largest absolute Gasteiger partial charge is 0.392 e. The van der Waals surface area contributed by atoms with Gasteiger partial charge in [0.25, 0.3) is 0 Å². The summed E-state index contributed by atoms with van der Waals surface area (Å²) < 4.78 is 27.6. The number of β-amino-alcohol motifs (C(OH)–C–C–N with tert-alkyl or cyclic N) is 1. The molecule has 1 saturated heterocycles. The van der Waals surface area contributed by atoms with Gasteiger partial charge in [-0.2, -0.15) is 4.98 Å². The van der Waals surface area contributed by atoms with Crippen LogP contribution in [0.15, 0.2) is 67.0 Å². The highest BCUT2D eigenvalue weighted by molar-refractivity contribution is 7.92. The number of sulfonamides is 1. The van der Waals surface area contributed by atoms with Gasteiger partial charge in [-0.1, -0.05) is 18.2 Å². The summed E-state index contributed by atoms with van der Waals surface area (Å²) in [5.74, 6) is 0.489. The van der Waals surface area contributed by atoms with Crippen LogP contribution in [-0.2, 0) is 16.6 Å². The highest BCUT2D eigenvalue weighted by Gasteiger charge is 2.19. The molecule has 11 heteroatoms. The van der Waals surface area contributed by atoms with Crippen molar-refractivity contribution in [1.82, 2.24) is 19.4 Å². The van der Waals surface area contributed by atoms with E-state index in [1.165, 1.54) is 16.2 Å². The molecule has 2 aromatic carbocycles. The Hall–Kier alpha value is -3.67. The molecule has 0 radical (unpaired) electrons. The van der Waals surface area contributed by atoms with E-state index in [9.17, 15) is 13.5 Å². The molecule has 206 valence electrons. The SMILES string of the molecule is CC(O)CN1CCN(c2ccc(Nc3ncc4ccn(Cc5ccccc5N(C)S(C)(=O)=O)c4n3)cc2)CC1. The maximum atomic E-state index is 12.2. The maximum Gasteiger partial charge on any atom is 0.232 e. The van der Waals surface area contributed by atoms with Gasteiger partial charge < -0.3 is 19.9 Å². The number of aliphatic hydroxyl groups is 1. The number of piperazine rings is 1. The number of aromatic nitrogens is 3. The molecule has 1 atom stereocenters. The number of benzene rings is 2. The van der Waals surface area contributed by atoms with Crippen molar-refractivity contribution in [2.24, 2.45) is 0 Å². The fourth-order valence-corrected chi connectivity index (χ4v) is 5.45. The molecule has 0 spiro atoms. The molecule has 5 rings (SSSR count). The van der Waals surface area contributed by atoms with E-state index in [1.807, 2.05) is 60.2 Å². The minimum atomic E-state index is -3.38. The van der Waals surface area contributed by atoms with Crippen LogP contribution in [0.1, 0.15) is 12.5 Å². The summed E-state index contributed by atoms with van der Waals surface area (Å²) in [7, 11) is -1.82. The molecule has 0 bridgehead atoms. The Balaban J connectivity index is 1.29. The average Bonchev–Trinajstić information content (AvgIpc) is 3.30. The Morgan fingerprint density at radius 1 is 1.05 bits per heavy atom. The van der Waals surface area contributed by atoms with Gasteiger partial charge in [-0.3, -0.25) is 9.21 Å². The van der Waals surface area contributed by atoms with Crippen molar-refractivity contribution in [3.63, 3.8) is 0 Å². The van der Waals surface area contributed by atoms with E-state index in [2.05, 4.69) is 32.2 Å². The summed E-state index contributed by atoms with van der Waals surface area (Å²) in [5, 5.41) is 13.8. The highest BCUT2D eigenvalue weighted by Crippen LogP contribution is 2.25. The molecule has 0 saturated carbocycles. The van der Waals surface area contributed by atoms with Gasteiger partial charge >= 0.3 is 0 Å². The third-order valence-corrected chi connectivity index (χ3v) is 8.25. The Morgan fingerprint density at radius 2 is 1.77 bits per heavy atom. The van der Waals surface area contributed by atoms with E-state index in [4.69, 9.17) is 4.98 Å². The smallest absolute Gasteiger partial charge is 0.232 e. The minimum absolute atomic E-state index is 0.302. The van der Waals surface area contributed by atoms with Crippen molar-refractivity contribution in [3.05, 3.63) is 72.6 Å². The third-order valence-electron chi connectivity index (χ3n) is 7.05. The number of hydrogen-bond acceptors (Lipinski definition) is 8. The number of nitrogens with one attached hydrogen (secondary N) is 1. The molecule has 0 aliphatic carbocycles. The first-order chi connectivity index (χ1) is 18.7. The number of anilines is 4. The van der Waals surface area contributed by atoms with Crippen molar-refractivity contribution in [3.8, 4) is 0 Å². The second kappa shape index (κ2) is 11.2. The summed E-state index contributed by atoms with van der Waals surface area (Å²) in [6.07, 6.45) is 4.63. The number of fused-ring (bicyclic) bond motifs is 1. The summed E-state index contributed by atoms with van der Waals surface area (Å²) in [4.78, 5) is 13.9. The Kier molecular flexibility index (Phi) is 7.74. The first-order valence-corrected chi connectivity index (χ1v) is 14.9. The Labute approximate surface area is 229 Å². The molecule has 10 nitrogen and oxygen atoms in total. The van der Waals surface area contributed by atoms with Gasteiger partial charge in [0.15, 0.2) is 0 Å². The van der Waals surface area contributed by atoms with Crippen molar-refractivity contribution < 1.29 is 13.5 Å². The van der Waals surface area contributed by atoms with E-state index < -0.39 is 10.0 Å². The lowest BCUT2D eigenvalue weighted by atomic mass is 10.2.